The number of halogens is 1. The lowest BCUT2D eigenvalue weighted by Crippen LogP contribution is -2.05. The second-order valence-corrected chi connectivity index (χ2v) is 4.60. The quantitative estimate of drug-likeness (QED) is 0.825. The molecule has 94 valence electrons. The molecule has 1 heterocycles. The number of hydrogen-bond acceptors (Lipinski definition) is 1. The smallest absolute Gasteiger partial charge is 0.183 e. The third-order valence-electron chi connectivity index (χ3n) is 3.37. The molecule has 0 aliphatic carbocycles. The second-order valence-electron chi connectivity index (χ2n) is 4.60. The van der Waals surface area contributed by atoms with Crippen molar-refractivity contribution >= 4 is 5.78 Å². The summed E-state index contributed by atoms with van der Waals surface area (Å²) in [5, 5.41) is 0. The number of H-pyrrole nitrogens is 1. The highest BCUT2D eigenvalue weighted by atomic mass is 19.1. The first-order valence-electron chi connectivity index (χ1n) is 5.92. The van der Waals surface area contributed by atoms with Gasteiger partial charge < -0.3 is 4.98 Å². The number of carbonyl (C=O) groups is 1. The Balaban J connectivity index is 2.22. The number of hydrogen-bond donors (Lipinski definition) is 1. The van der Waals surface area contributed by atoms with E-state index < -0.39 is 0 Å². The maximum atomic E-state index is 12.8. The molecular formula is C15H16FNO. The molecule has 0 atom stereocenters. The molecule has 0 saturated heterocycles. The molecule has 0 bridgehead atoms. The number of benzene rings is 1. The first kappa shape index (κ1) is 12.6. The van der Waals surface area contributed by atoms with Crippen molar-refractivity contribution in [2.45, 2.75) is 27.2 Å². The molecule has 0 saturated carbocycles. The highest BCUT2D eigenvalue weighted by Gasteiger charge is 2.15. The third kappa shape index (κ3) is 2.35. The monoisotopic (exact) mass is 245 g/mol. The second kappa shape index (κ2) is 4.77. The number of Topliss-reactive ketones (excluding diaryl/α,β-unsaturated/α-hetero) is 1. The van der Waals surface area contributed by atoms with E-state index in [0.29, 0.717) is 12.1 Å². The van der Waals surface area contributed by atoms with Crippen LogP contribution in [0.3, 0.4) is 0 Å². The lowest BCUT2D eigenvalue weighted by atomic mass is 10.0. The van der Waals surface area contributed by atoms with Gasteiger partial charge in [-0.2, -0.15) is 0 Å². The highest BCUT2D eigenvalue weighted by molar-refractivity contribution is 5.97. The molecule has 0 unspecified atom stereocenters. The van der Waals surface area contributed by atoms with Crippen molar-refractivity contribution in [1.82, 2.24) is 4.98 Å². The SMILES string of the molecule is Cc1[nH]c(C(=O)Cc2ccc(F)cc2)c(C)c1C. The number of ketones is 1. The molecular weight excluding hydrogens is 229 g/mol. The van der Waals surface area contributed by atoms with Crippen molar-refractivity contribution in [3.8, 4) is 0 Å². The van der Waals surface area contributed by atoms with Gasteiger partial charge in [-0.3, -0.25) is 4.79 Å². The molecule has 2 rings (SSSR count). The first-order valence-corrected chi connectivity index (χ1v) is 5.92. The third-order valence-corrected chi connectivity index (χ3v) is 3.37. The van der Waals surface area contributed by atoms with E-state index in [1.54, 1.807) is 12.1 Å². The topological polar surface area (TPSA) is 32.9 Å². The fraction of sp³-hybridized carbons (Fsp3) is 0.267. The number of rotatable bonds is 3. The van der Waals surface area contributed by atoms with Gasteiger partial charge in [-0.05, 0) is 49.6 Å². The molecule has 18 heavy (non-hydrogen) atoms. The van der Waals surface area contributed by atoms with E-state index in [0.717, 1.165) is 22.4 Å². The standard InChI is InChI=1S/C15H16FNO/c1-9-10(2)15(17-11(9)3)14(18)8-12-4-6-13(16)7-5-12/h4-7,17H,8H2,1-3H3. The van der Waals surface area contributed by atoms with Crippen LogP contribution < -0.4 is 0 Å². The molecule has 0 amide bonds. The van der Waals surface area contributed by atoms with Gasteiger partial charge in [0.1, 0.15) is 5.82 Å². The lowest BCUT2D eigenvalue weighted by molar-refractivity contribution is 0.0988. The van der Waals surface area contributed by atoms with Crippen molar-refractivity contribution < 1.29 is 9.18 Å². The van der Waals surface area contributed by atoms with Crippen LogP contribution in [0.15, 0.2) is 24.3 Å². The van der Waals surface area contributed by atoms with Crippen LogP contribution in [0.5, 0.6) is 0 Å². The summed E-state index contributed by atoms with van der Waals surface area (Å²) >= 11 is 0. The minimum absolute atomic E-state index is 0.0373. The Labute approximate surface area is 106 Å². The molecule has 0 radical (unpaired) electrons. The Morgan fingerprint density at radius 1 is 1.11 bits per heavy atom. The van der Waals surface area contributed by atoms with Crippen molar-refractivity contribution in [2.75, 3.05) is 0 Å². The molecule has 2 nitrogen and oxygen atoms in total. The van der Waals surface area contributed by atoms with Gasteiger partial charge in [-0.25, -0.2) is 4.39 Å². The van der Waals surface area contributed by atoms with Crippen molar-refractivity contribution in [3.63, 3.8) is 0 Å². The van der Waals surface area contributed by atoms with Gasteiger partial charge >= 0.3 is 0 Å². The molecule has 1 N–H and O–H groups in total. The van der Waals surface area contributed by atoms with Gasteiger partial charge in [0.2, 0.25) is 0 Å². The molecule has 1 aromatic carbocycles. The van der Waals surface area contributed by atoms with E-state index in [2.05, 4.69) is 4.98 Å². The van der Waals surface area contributed by atoms with Crippen LogP contribution in [0.25, 0.3) is 0 Å². The van der Waals surface area contributed by atoms with Crippen LogP contribution in [0.2, 0.25) is 0 Å². The fourth-order valence-corrected chi connectivity index (χ4v) is 2.00. The van der Waals surface area contributed by atoms with Crippen molar-refractivity contribution in [1.29, 1.82) is 0 Å². The Bertz CT molecular complexity index is 581. The van der Waals surface area contributed by atoms with Crippen LogP contribution >= 0.6 is 0 Å². The maximum Gasteiger partial charge on any atom is 0.183 e. The molecule has 3 heteroatoms. The zero-order chi connectivity index (χ0) is 13.3. The van der Waals surface area contributed by atoms with Gasteiger partial charge in [0.25, 0.3) is 0 Å². The minimum Gasteiger partial charge on any atom is -0.356 e. The van der Waals surface area contributed by atoms with Crippen molar-refractivity contribution in [3.05, 3.63) is 58.2 Å². The lowest BCUT2D eigenvalue weighted by Gasteiger charge is -2.01. The van der Waals surface area contributed by atoms with Gasteiger partial charge in [0.05, 0.1) is 5.69 Å². The van der Waals surface area contributed by atoms with Gasteiger partial charge in [0, 0.05) is 12.1 Å². The average Bonchev–Trinajstić information content (AvgIpc) is 2.60. The zero-order valence-electron chi connectivity index (χ0n) is 10.8. The largest absolute Gasteiger partial charge is 0.356 e. The van der Waals surface area contributed by atoms with Crippen LogP contribution in [-0.2, 0) is 6.42 Å². The van der Waals surface area contributed by atoms with Gasteiger partial charge in [-0.1, -0.05) is 12.1 Å². The summed E-state index contributed by atoms with van der Waals surface area (Å²) in [5.74, 6) is -0.246. The zero-order valence-corrected chi connectivity index (χ0v) is 10.8. The van der Waals surface area contributed by atoms with E-state index in [9.17, 15) is 9.18 Å². The summed E-state index contributed by atoms with van der Waals surface area (Å²) < 4.78 is 12.8. The molecule has 0 fully saturated rings. The van der Waals surface area contributed by atoms with Crippen LogP contribution in [0.1, 0.15) is 32.9 Å². The summed E-state index contributed by atoms with van der Waals surface area (Å²) in [6, 6.07) is 6.04. The Morgan fingerprint density at radius 3 is 2.22 bits per heavy atom. The highest BCUT2D eigenvalue weighted by Crippen LogP contribution is 2.18. The summed E-state index contributed by atoms with van der Waals surface area (Å²) in [4.78, 5) is 15.3. The van der Waals surface area contributed by atoms with Crippen LogP contribution in [0, 0.1) is 26.6 Å². The molecule has 0 spiro atoms. The minimum atomic E-state index is -0.283. The number of aryl methyl sites for hydroxylation is 1. The molecule has 2 aromatic rings. The van der Waals surface area contributed by atoms with E-state index in [1.165, 1.54) is 12.1 Å². The Morgan fingerprint density at radius 2 is 1.72 bits per heavy atom. The first-order chi connectivity index (χ1) is 8.49. The fourth-order valence-electron chi connectivity index (χ4n) is 2.00. The number of carbonyl (C=O) groups excluding carboxylic acids is 1. The van der Waals surface area contributed by atoms with Crippen molar-refractivity contribution in [2.24, 2.45) is 0 Å². The average molecular weight is 245 g/mol. The van der Waals surface area contributed by atoms with E-state index >= 15 is 0 Å². The molecule has 0 aliphatic rings. The predicted octanol–water partition coefficient (Wildman–Crippen LogP) is 3.50. The van der Waals surface area contributed by atoms with Gasteiger partial charge in [0.15, 0.2) is 5.78 Å². The van der Waals surface area contributed by atoms with E-state index in [4.69, 9.17) is 0 Å². The Kier molecular flexibility index (Phi) is 3.32. The molecule has 1 aromatic heterocycles. The van der Waals surface area contributed by atoms with Crippen LogP contribution in [0.4, 0.5) is 4.39 Å². The van der Waals surface area contributed by atoms with E-state index in [-0.39, 0.29) is 11.6 Å². The molecule has 0 aliphatic heterocycles. The predicted molar refractivity (Wildman–Crippen MR) is 69.4 cm³/mol. The number of aromatic nitrogens is 1. The summed E-state index contributed by atoms with van der Waals surface area (Å²) in [7, 11) is 0. The Hall–Kier alpha value is -1.90. The van der Waals surface area contributed by atoms with E-state index in [1.807, 2.05) is 20.8 Å². The number of nitrogens with one attached hydrogen (secondary N) is 1. The number of aromatic amines is 1. The normalized spacial score (nSPS) is 10.7. The summed E-state index contributed by atoms with van der Waals surface area (Å²) in [6.45, 7) is 5.89. The van der Waals surface area contributed by atoms with Gasteiger partial charge in [-0.15, -0.1) is 0 Å². The van der Waals surface area contributed by atoms with Crippen LogP contribution in [-0.4, -0.2) is 10.8 Å². The summed E-state index contributed by atoms with van der Waals surface area (Å²) in [5.41, 5.74) is 4.63. The maximum absolute atomic E-state index is 12.8. The summed E-state index contributed by atoms with van der Waals surface area (Å²) in [6.07, 6.45) is 0.292.